The van der Waals surface area contributed by atoms with Crippen LogP contribution in [0.25, 0.3) is 0 Å². The number of hydrogen-bond acceptors (Lipinski definition) is 4. The number of nitrogens with zero attached hydrogens (tertiary/aromatic N) is 3. The molecule has 0 unspecified atom stereocenters. The molecule has 28 heavy (non-hydrogen) atoms. The predicted molar refractivity (Wildman–Crippen MR) is 108 cm³/mol. The molecule has 152 valence electrons. The Labute approximate surface area is 166 Å². The Morgan fingerprint density at radius 2 is 1.75 bits per heavy atom. The van der Waals surface area contributed by atoms with Crippen LogP contribution in [0, 0.1) is 5.92 Å². The maximum absolute atomic E-state index is 13.1. The number of carbonyl (C=O) groups is 3. The van der Waals surface area contributed by atoms with E-state index in [1.807, 2.05) is 36.9 Å². The highest BCUT2D eigenvalue weighted by Gasteiger charge is 2.34. The molecular formula is C21H30N4O3. The summed E-state index contributed by atoms with van der Waals surface area (Å²) < 4.78 is 0. The van der Waals surface area contributed by atoms with Gasteiger partial charge in [0.25, 0.3) is 5.91 Å². The van der Waals surface area contributed by atoms with Crippen molar-refractivity contribution in [2.45, 2.75) is 32.7 Å². The highest BCUT2D eigenvalue weighted by Crippen LogP contribution is 2.33. The quantitative estimate of drug-likeness (QED) is 0.801. The normalized spacial score (nSPS) is 17.5. The van der Waals surface area contributed by atoms with Crippen molar-refractivity contribution in [1.29, 1.82) is 0 Å². The minimum atomic E-state index is -0.0580. The fourth-order valence-electron chi connectivity index (χ4n) is 3.52. The van der Waals surface area contributed by atoms with Crippen molar-refractivity contribution >= 4 is 23.4 Å². The zero-order chi connectivity index (χ0) is 20.3. The number of carbonyl (C=O) groups excluding carboxylic acids is 3. The van der Waals surface area contributed by atoms with Gasteiger partial charge in [-0.1, -0.05) is 12.1 Å². The van der Waals surface area contributed by atoms with E-state index in [9.17, 15) is 14.4 Å². The fraction of sp³-hybridized carbons (Fsp3) is 0.571. The van der Waals surface area contributed by atoms with Crippen LogP contribution < -0.4 is 10.2 Å². The molecule has 1 N–H and O–H groups in total. The predicted octanol–water partition coefficient (Wildman–Crippen LogP) is 1.34. The Bertz CT molecular complexity index is 737. The van der Waals surface area contributed by atoms with Gasteiger partial charge < -0.3 is 15.1 Å². The van der Waals surface area contributed by atoms with Gasteiger partial charge in [-0.25, -0.2) is 0 Å². The second-order valence-corrected chi connectivity index (χ2v) is 7.98. The second-order valence-electron chi connectivity index (χ2n) is 7.98. The lowest BCUT2D eigenvalue weighted by atomic mass is 10.1. The third kappa shape index (κ3) is 4.90. The highest BCUT2D eigenvalue weighted by atomic mass is 16.2. The average molecular weight is 386 g/mol. The maximum atomic E-state index is 13.1. The highest BCUT2D eigenvalue weighted by molar-refractivity contribution is 6.05. The molecule has 0 atom stereocenters. The maximum Gasteiger partial charge on any atom is 0.256 e. The third-order valence-corrected chi connectivity index (χ3v) is 5.23. The number of nitrogens with one attached hydrogen (secondary N) is 1. The Kier molecular flexibility index (Phi) is 6.34. The van der Waals surface area contributed by atoms with Gasteiger partial charge in [-0.2, -0.15) is 0 Å². The van der Waals surface area contributed by atoms with Crippen LogP contribution in [0.3, 0.4) is 0 Å². The number of amides is 3. The van der Waals surface area contributed by atoms with Gasteiger partial charge >= 0.3 is 0 Å². The molecule has 0 bridgehead atoms. The van der Waals surface area contributed by atoms with Gasteiger partial charge in [0.1, 0.15) is 0 Å². The number of benzene rings is 1. The monoisotopic (exact) mass is 386 g/mol. The van der Waals surface area contributed by atoms with Crippen molar-refractivity contribution in [3.63, 3.8) is 0 Å². The lowest BCUT2D eigenvalue weighted by Crippen LogP contribution is -2.51. The summed E-state index contributed by atoms with van der Waals surface area (Å²) in [6.45, 7) is 6.71. The zero-order valence-corrected chi connectivity index (χ0v) is 17.0. The van der Waals surface area contributed by atoms with E-state index >= 15 is 0 Å². The summed E-state index contributed by atoms with van der Waals surface area (Å²) in [6.07, 6.45) is 1.87. The van der Waals surface area contributed by atoms with Gasteiger partial charge in [0.05, 0.1) is 17.8 Å². The number of rotatable bonds is 6. The first-order chi connectivity index (χ1) is 13.4. The topological polar surface area (TPSA) is 73.0 Å². The fourth-order valence-corrected chi connectivity index (χ4v) is 3.52. The van der Waals surface area contributed by atoms with Crippen molar-refractivity contribution < 1.29 is 14.4 Å². The Balaban J connectivity index is 1.61. The van der Waals surface area contributed by atoms with E-state index in [1.165, 1.54) is 0 Å². The second kappa shape index (κ2) is 8.73. The summed E-state index contributed by atoms with van der Waals surface area (Å²) >= 11 is 0. The van der Waals surface area contributed by atoms with E-state index in [1.54, 1.807) is 18.0 Å². The van der Waals surface area contributed by atoms with Gasteiger partial charge in [0, 0.05) is 45.2 Å². The molecule has 1 aliphatic carbocycles. The molecule has 3 amide bonds. The molecule has 0 aromatic heterocycles. The molecular weight excluding hydrogens is 356 g/mol. The molecule has 3 rings (SSSR count). The van der Waals surface area contributed by atoms with E-state index in [-0.39, 0.29) is 29.7 Å². The van der Waals surface area contributed by atoms with Crippen LogP contribution in [0.2, 0.25) is 0 Å². The zero-order valence-electron chi connectivity index (χ0n) is 17.0. The summed E-state index contributed by atoms with van der Waals surface area (Å²) in [5.41, 5.74) is 1.23. The molecule has 1 saturated heterocycles. The van der Waals surface area contributed by atoms with Crippen molar-refractivity contribution in [2.75, 3.05) is 44.7 Å². The Hall–Kier alpha value is -2.41. The van der Waals surface area contributed by atoms with Gasteiger partial charge in [0.15, 0.2) is 0 Å². The average Bonchev–Trinajstić information content (AvgIpc) is 3.51. The van der Waals surface area contributed by atoms with Crippen molar-refractivity contribution in [2.24, 2.45) is 5.92 Å². The molecule has 0 spiro atoms. The summed E-state index contributed by atoms with van der Waals surface area (Å²) in [4.78, 5) is 43.0. The van der Waals surface area contributed by atoms with Crippen LogP contribution in [0.4, 0.5) is 5.69 Å². The molecule has 7 heteroatoms. The molecule has 1 saturated carbocycles. The van der Waals surface area contributed by atoms with Gasteiger partial charge in [-0.3, -0.25) is 19.3 Å². The van der Waals surface area contributed by atoms with Crippen LogP contribution in [0.5, 0.6) is 0 Å². The molecule has 7 nitrogen and oxygen atoms in total. The van der Waals surface area contributed by atoms with Crippen LogP contribution in [-0.4, -0.2) is 73.3 Å². The third-order valence-electron chi connectivity index (χ3n) is 5.23. The standard InChI is InChI=1S/C21H30N4O3/c1-15(2)22-19(26)14-24-10-12-25(13-11-24)21(28)17-6-4-5-7-18(17)23(3)20(27)16-8-9-16/h4-7,15-16H,8-14H2,1-3H3,(H,22,26). The summed E-state index contributed by atoms with van der Waals surface area (Å²) in [7, 11) is 1.75. The van der Waals surface area contributed by atoms with Crippen molar-refractivity contribution in [1.82, 2.24) is 15.1 Å². The van der Waals surface area contributed by atoms with E-state index in [4.69, 9.17) is 0 Å². The Morgan fingerprint density at radius 3 is 2.36 bits per heavy atom. The Morgan fingerprint density at radius 1 is 1.11 bits per heavy atom. The lowest BCUT2D eigenvalue weighted by Gasteiger charge is -2.35. The van der Waals surface area contributed by atoms with E-state index in [0.717, 1.165) is 12.8 Å². The SMILES string of the molecule is CC(C)NC(=O)CN1CCN(C(=O)c2ccccc2N(C)C(=O)C2CC2)CC1. The number of hydrogen-bond donors (Lipinski definition) is 1. The molecule has 1 aromatic rings. The molecule has 2 aliphatic rings. The summed E-state index contributed by atoms with van der Waals surface area (Å²) in [5, 5.41) is 2.90. The van der Waals surface area contributed by atoms with E-state index in [0.29, 0.717) is 44.0 Å². The smallest absolute Gasteiger partial charge is 0.256 e. The lowest BCUT2D eigenvalue weighted by molar-refractivity contribution is -0.123. The van der Waals surface area contributed by atoms with Crippen molar-refractivity contribution in [3.05, 3.63) is 29.8 Å². The first-order valence-corrected chi connectivity index (χ1v) is 10.0. The summed E-state index contributed by atoms with van der Waals surface area (Å²) in [6, 6.07) is 7.44. The van der Waals surface area contributed by atoms with Crippen LogP contribution in [0.1, 0.15) is 37.0 Å². The number of anilines is 1. The number of para-hydroxylation sites is 1. The minimum Gasteiger partial charge on any atom is -0.353 e. The first kappa shape index (κ1) is 20.3. The van der Waals surface area contributed by atoms with Gasteiger partial charge in [-0.05, 0) is 38.8 Å². The molecule has 1 aliphatic heterocycles. The van der Waals surface area contributed by atoms with E-state index < -0.39 is 0 Å². The number of piperazine rings is 1. The van der Waals surface area contributed by atoms with E-state index in [2.05, 4.69) is 10.2 Å². The van der Waals surface area contributed by atoms with Crippen LogP contribution >= 0.6 is 0 Å². The van der Waals surface area contributed by atoms with Gasteiger partial charge in [-0.15, -0.1) is 0 Å². The van der Waals surface area contributed by atoms with Crippen LogP contribution in [0.15, 0.2) is 24.3 Å². The van der Waals surface area contributed by atoms with Crippen LogP contribution in [-0.2, 0) is 9.59 Å². The minimum absolute atomic E-state index is 0.0142. The largest absolute Gasteiger partial charge is 0.353 e. The molecule has 1 heterocycles. The summed E-state index contributed by atoms with van der Waals surface area (Å²) in [5.74, 6) is 0.146. The van der Waals surface area contributed by atoms with Crippen molar-refractivity contribution in [3.8, 4) is 0 Å². The molecule has 0 radical (unpaired) electrons. The molecule has 2 fully saturated rings. The van der Waals surface area contributed by atoms with Gasteiger partial charge in [0.2, 0.25) is 11.8 Å². The first-order valence-electron chi connectivity index (χ1n) is 10.0. The molecule has 1 aromatic carbocycles.